The van der Waals surface area contributed by atoms with Gasteiger partial charge in [0.25, 0.3) is 0 Å². The number of rotatable bonds is 6. The van der Waals surface area contributed by atoms with Crippen molar-refractivity contribution >= 4 is 17.3 Å². The minimum atomic E-state index is -0.101. The summed E-state index contributed by atoms with van der Waals surface area (Å²) in [7, 11) is 0. The highest BCUT2D eigenvalue weighted by Gasteiger charge is 2.03. The number of nitrogens with one attached hydrogen (secondary N) is 2. The predicted octanol–water partition coefficient (Wildman–Crippen LogP) is 4.53. The Morgan fingerprint density at radius 2 is 1.29 bits per heavy atom. The molecule has 0 saturated carbocycles. The molecule has 3 aromatic carbocycles. The van der Waals surface area contributed by atoms with E-state index in [0.29, 0.717) is 0 Å². The Bertz CT molecular complexity index is 772. The van der Waals surface area contributed by atoms with Gasteiger partial charge in [-0.05, 0) is 48.5 Å². The van der Waals surface area contributed by atoms with E-state index >= 15 is 0 Å². The highest BCUT2D eigenvalue weighted by Crippen LogP contribution is 2.22. The van der Waals surface area contributed by atoms with Gasteiger partial charge in [0.2, 0.25) is 5.91 Å². The van der Waals surface area contributed by atoms with Gasteiger partial charge in [-0.1, -0.05) is 36.4 Å². The summed E-state index contributed by atoms with van der Waals surface area (Å²) in [6, 6.07) is 26.5. The van der Waals surface area contributed by atoms with E-state index in [1.165, 1.54) is 0 Å². The molecule has 0 heterocycles. The van der Waals surface area contributed by atoms with Crippen LogP contribution in [0.25, 0.3) is 0 Å². The molecule has 0 bridgehead atoms. The number of anilines is 2. The molecule has 0 spiro atoms. The van der Waals surface area contributed by atoms with Crippen molar-refractivity contribution in [3.05, 3.63) is 84.9 Å². The summed E-state index contributed by atoms with van der Waals surface area (Å²) in [5, 5.41) is 5.92. The van der Waals surface area contributed by atoms with Crippen LogP contribution in [0.5, 0.6) is 11.5 Å². The maximum atomic E-state index is 12.0. The standard InChI is InChI=1S/C20H18N2O2/c23-20(15-21-16-7-3-1-4-8-16)22-17-11-13-19(14-12-17)24-18-9-5-2-6-10-18/h1-14,21H,15H2,(H,22,23). The fraction of sp³-hybridized carbons (Fsp3) is 0.0500. The van der Waals surface area contributed by atoms with Crippen LogP contribution in [0.3, 0.4) is 0 Å². The first-order valence-corrected chi connectivity index (χ1v) is 7.71. The lowest BCUT2D eigenvalue weighted by atomic mass is 10.3. The van der Waals surface area contributed by atoms with Crippen molar-refractivity contribution in [2.24, 2.45) is 0 Å². The van der Waals surface area contributed by atoms with E-state index in [9.17, 15) is 4.79 Å². The molecule has 2 N–H and O–H groups in total. The zero-order valence-electron chi connectivity index (χ0n) is 13.1. The molecule has 120 valence electrons. The summed E-state index contributed by atoms with van der Waals surface area (Å²) >= 11 is 0. The molecule has 0 aliphatic heterocycles. The summed E-state index contributed by atoms with van der Waals surface area (Å²) in [4.78, 5) is 12.0. The van der Waals surface area contributed by atoms with Crippen LogP contribution in [0.2, 0.25) is 0 Å². The number of hydrogen-bond acceptors (Lipinski definition) is 3. The number of benzene rings is 3. The van der Waals surface area contributed by atoms with Gasteiger partial charge in [-0.3, -0.25) is 4.79 Å². The topological polar surface area (TPSA) is 50.4 Å². The van der Waals surface area contributed by atoms with E-state index in [1.54, 1.807) is 0 Å². The SMILES string of the molecule is O=C(CNc1ccccc1)Nc1ccc(Oc2ccccc2)cc1. The maximum Gasteiger partial charge on any atom is 0.243 e. The number of hydrogen-bond donors (Lipinski definition) is 2. The first-order valence-electron chi connectivity index (χ1n) is 7.71. The van der Waals surface area contributed by atoms with E-state index in [4.69, 9.17) is 4.74 Å². The van der Waals surface area contributed by atoms with E-state index in [0.717, 1.165) is 22.9 Å². The quantitative estimate of drug-likeness (QED) is 0.702. The second-order valence-electron chi connectivity index (χ2n) is 5.21. The van der Waals surface area contributed by atoms with Gasteiger partial charge in [0, 0.05) is 11.4 Å². The lowest BCUT2D eigenvalue weighted by Crippen LogP contribution is -2.21. The molecule has 0 aliphatic rings. The largest absolute Gasteiger partial charge is 0.457 e. The Morgan fingerprint density at radius 3 is 1.96 bits per heavy atom. The van der Waals surface area contributed by atoms with Crippen molar-refractivity contribution < 1.29 is 9.53 Å². The van der Waals surface area contributed by atoms with Crippen LogP contribution in [0, 0.1) is 0 Å². The lowest BCUT2D eigenvalue weighted by molar-refractivity contribution is -0.114. The Kier molecular flexibility index (Phi) is 5.10. The summed E-state index contributed by atoms with van der Waals surface area (Å²) in [5.41, 5.74) is 1.65. The van der Waals surface area contributed by atoms with E-state index in [-0.39, 0.29) is 12.5 Å². The Morgan fingerprint density at radius 1 is 0.708 bits per heavy atom. The van der Waals surface area contributed by atoms with Gasteiger partial charge in [-0.15, -0.1) is 0 Å². The molecule has 0 radical (unpaired) electrons. The van der Waals surface area contributed by atoms with Gasteiger partial charge in [-0.2, -0.15) is 0 Å². The van der Waals surface area contributed by atoms with Gasteiger partial charge < -0.3 is 15.4 Å². The second kappa shape index (κ2) is 7.83. The van der Waals surface area contributed by atoms with Crippen LogP contribution in [0.15, 0.2) is 84.9 Å². The molecule has 0 saturated heterocycles. The Labute approximate surface area is 141 Å². The van der Waals surface area contributed by atoms with Crippen molar-refractivity contribution in [2.45, 2.75) is 0 Å². The number of ether oxygens (including phenoxy) is 1. The highest BCUT2D eigenvalue weighted by molar-refractivity contribution is 5.93. The molecule has 0 aromatic heterocycles. The summed E-state index contributed by atoms with van der Waals surface area (Å²) < 4.78 is 5.72. The molecule has 0 atom stereocenters. The van der Waals surface area contributed by atoms with Crippen LogP contribution in [0.4, 0.5) is 11.4 Å². The first kappa shape index (κ1) is 15.6. The molecule has 3 rings (SSSR count). The lowest BCUT2D eigenvalue weighted by Gasteiger charge is -2.09. The highest BCUT2D eigenvalue weighted by atomic mass is 16.5. The van der Waals surface area contributed by atoms with Crippen LogP contribution < -0.4 is 15.4 Å². The van der Waals surface area contributed by atoms with Crippen LogP contribution in [-0.2, 0) is 4.79 Å². The zero-order chi connectivity index (χ0) is 16.6. The van der Waals surface area contributed by atoms with Gasteiger partial charge >= 0.3 is 0 Å². The van der Waals surface area contributed by atoms with Crippen LogP contribution in [-0.4, -0.2) is 12.5 Å². The molecule has 0 fully saturated rings. The number of carbonyl (C=O) groups is 1. The van der Waals surface area contributed by atoms with Crippen molar-refractivity contribution in [3.8, 4) is 11.5 Å². The third kappa shape index (κ3) is 4.61. The molecule has 24 heavy (non-hydrogen) atoms. The Hall–Kier alpha value is -3.27. The van der Waals surface area contributed by atoms with Crippen molar-refractivity contribution in [1.29, 1.82) is 0 Å². The minimum Gasteiger partial charge on any atom is -0.457 e. The first-order chi connectivity index (χ1) is 11.8. The maximum absolute atomic E-state index is 12.0. The molecule has 0 unspecified atom stereocenters. The summed E-state index contributed by atoms with van der Waals surface area (Å²) in [6.07, 6.45) is 0. The van der Waals surface area contributed by atoms with Crippen molar-refractivity contribution in [1.82, 2.24) is 0 Å². The monoisotopic (exact) mass is 318 g/mol. The second-order valence-corrected chi connectivity index (χ2v) is 5.21. The molecule has 0 aliphatic carbocycles. The average molecular weight is 318 g/mol. The minimum absolute atomic E-state index is 0.101. The average Bonchev–Trinajstić information content (AvgIpc) is 2.63. The smallest absolute Gasteiger partial charge is 0.243 e. The molecule has 3 aromatic rings. The molecule has 4 nitrogen and oxygen atoms in total. The zero-order valence-corrected chi connectivity index (χ0v) is 13.1. The van der Waals surface area contributed by atoms with E-state index in [1.807, 2.05) is 84.9 Å². The third-order valence-electron chi connectivity index (χ3n) is 3.34. The van der Waals surface area contributed by atoms with Gasteiger partial charge in [0.1, 0.15) is 11.5 Å². The third-order valence-corrected chi connectivity index (χ3v) is 3.34. The van der Waals surface area contributed by atoms with E-state index < -0.39 is 0 Å². The number of carbonyl (C=O) groups excluding carboxylic acids is 1. The molecule has 1 amide bonds. The van der Waals surface area contributed by atoms with Crippen molar-refractivity contribution in [3.63, 3.8) is 0 Å². The Balaban J connectivity index is 1.51. The fourth-order valence-corrected chi connectivity index (χ4v) is 2.17. The summed E-state index contributed by atoms with van der Waals surface area (Å²) in [6.45, 7) is 0.215. The van der Waals surface area contributed by atoms with Gasteiger partial charge in [-0.25, -0.2) is 0 Å². The van der Waals surface area contributed by atoms with E-state index in [2.05, 4.69) is 10.6 Å². The number of para-hydroxylation sites is 2. The normalized spacial score (nSPS) is 10.0. The fourth-order valence-electron chi connectivity index (χ4n) is 2.17. The number of amides is 1. The predicted molar refractivity (Wildman–Crippen MR) is 96.5 cm³/mol. The van der Waals surface area contributed by atoms with Gasteiger partial charge in [0.05, 0.1) is 6.54 Å². The van der Waals surface area contributed by atoms with Crippen molar-refractivity contribution in [2.75, 3.05) is 17.2 Å². The van der Waals surface area contributed by atoms with Gasteiger partial charge in [0.15, 0.2) is 0 Å². The molecular weight excluding hydrogens is 300 g/mol. The molecular formula is C20H18N2O2. The van der Waals surface area contributed by atoms with Crippen LogP contribution in [0.1, 0.15) is 0 Å². The summed E-state index contributed by atoms with van der Waals surface area (Å²) in [5.74, 6) is 1.40. The molecule has 4 heteroatoms. The van der Waals surface area contributed by atoms with Crippen LogP contribution >= 0.6 is 0 Å².